The van der Waals surface area contributed by atoms with Crippen molar-refractivity contribution in [2.45, 2.75) is 0 Å². The minimum atomic E-state index is -0.174. The Morgan fingerprint density at radius 3 is 2.28 bits per heavy atom. The molecule has 0 atom stereocenters. The van der Waals surface area contributed by atoms with Crippen LogP contribution in [0.15, 0.2) is 54.6 Å². The van der Waals surface area contributed by atoms with E-state index < -0.39 is 0 Å². The summed E-state index contributed by atoms with van der Waals surface area (Å²) in [5.74, 6) is -0.174. The molecule has 25 heavy (non-hydrogen) atoms. The van der Waals surface area contributed by atoms with Gasteiger partial charge in [0.05, 0.1) is 11.4 Å². The molecule has 1 aliphatic carbocycles. The van der Waals surface area contributed by atoms with Gasteiger partial charge < -0.3 is 10.2 Å². The number of nitrogens with zero attached hydrogens (tertiary/aromatic N) is 1. The van der Waals surface area contributed by atoms with Crippen molar-refractivity contribution in [1.29, 1.82) is 0 Å². The Labute approximate surface area is 145 Å². The lowest BCUT2D eigenvalue weighted by Gasteiger charge is -2.18. The molecule has 122 valence electrons. The lowest BCUT2D eigenvalue weighted by atomic mass is 10.00. The number of nitrogens with one attached hydrogen (secondary N) is 1. The summed E-state index contributed by atoms with van der Waals surface area (Å²) in [4.78, 5) is 25.4. The van der Waals surface area contributed by atoms with Crippen LogP contribution in [0.3, 0.4) is 0 Å². The average Bonchev–Trinajstić information content (AvgIpc) is 3.08. The van der Waals surface area contributed by atoms with E-state index in [2.05, 4.69) is 5.32 Å². The van der Waals surface area contributed by atoms with E-state index in [0.29, 0.717) is 11.3 Å². The molecule has 0 spiro atoms. The molecule has 0 fully saturated rings. The maximum absolute atomic E-state index is 12.6. The largest absolute Gasteiger partial charge is 0.321 e. The molecule has 4 rings (SSSR count). The number of benzene rings is 3. The predicted octanol–water partition coefficient (Wildman–Crippen LogP) is 4.17. The highest BCUT2D eigenvalue weighted by Gasteiger charge is 2.18. The van der Waals surface area contributed by atoms with Crippen molar-refractivity contribution in [3.63, 3.8) is 0 Å². The zero-order valence-corrected chi connectivity index (χ0v) is 13.7. The number of carbonyl (C=O) groups is 2. The summed E-state index contributed by atoms with van der Waals surface area (Å²) in [6.07, 6.45) is 4.87. The summed E-state index contributed by atoms with van der Waals surface area (Å²) in [6, 6.07) is 16.9. The predicted molar refractivity (Wildman–Crippen MR) is 102 cm³/mol. The molecule has 0 aromatic heterocycles. The van der Waals surface area contributed by atoms with Gasteiger partial charge in [0.15, 0.2) is 0 Å². The van der Waals surface area contributed by atoms with Gasteiger partial charge in [0, 0.05) is 23.4 Å². The van der Waals surface area contributed by atoms with Crippen LogP contribution in [0.5, 0.6) is 0 Å². The van der Waals surface area contributed by atoms with E-state index in [4.69, 9.17) is 0 Å². The second kappa shape index (κ2) is 5.91. The van der Waals surface area contributed by atoms with Crippen LogP contribution in [0.25, 0.3) is 22.9 Å². The van der Waals surface area contributed by atoms with Crippen molar-refractivity contribution in [3.05, 3.63) is 71.3 Å². The zero-order valence-electron chi connectivity index (χ0n) is 13.7. The van der Waals surface area contributed by atoms with E-state index in [1.165, 1.54) is 4.90 Å². The van der Waals surface area contributed by atoms with E-state index in [0.717, 1.165) is 34.0 Å². The number of carbonyl (C=O) groups excluding carboxylic acids is 2. The van der Waals surface area contributed by atoms with Crippen molar-refractivity contribution >= 4 is 46.6 Å². The van der Waals surface area contributed by atoms with Crippen LogP contribution in [-0.4, -0.2) is 19.4 Å². The van der Waals surface area contributed by atoms with Crippen LogP contribution < -0.4 is 10.2 Å². The molecule has 0 heterocycles. The molecule has 1 aliphatic rings. The van der Waals surface area contributed by atoms with E-state index in [1.54, 1.807) is 19.2 Å². The van der Waals surface area contributed by atoms with E-state index in [-0.39, 0.29) is 5.91 Å². The Kier molecular flexibility index (Phi) is 3.58. The molecule has 0 saturated heterocycles. The maximum atomic E-state index is 12.6. The summed E-state index contributed by atoms with van der Waals surface area (Å²) < 4.78 is 0. The number of anilines is 2. The number of hydrogen-bond acceptors (Lipinski definition) is 2. The highest BCUT2D eigenvalue weighted by molar-refractivity contribution is 6.18. The molecule has 3 aromatic carbocycles. The van der Waals surface area contributed by atoms with Crippen LogP contribution in [0, 0.1) is 0 Å². The van der Waals surface area contributed by atoms with Crippen molar-refractivity contribution in [3.8, 4) is 0 Å². The Morgan fingerprint density at radius 1 is 0.920 bits per heavy atom. The maximum Gasteiger partial charge on any atom is 0.255 e. The monoisotopic (exact) mass is 328 g/mol. The first-order chi connectivity index (χ1) is 12.2. The molecule has 4 heteroatoms. The average molecular weight is 328 g/mol. The highest BCUT2D eigenvalue weighted by Crippen LogP contribution is 2.40. The Morgan fingerprint density at radius 2 is 1.60 bits per heavy atom. The van der Waals surface area contributed by atoms with Gasteiger partial charge in [-0.3, -0.25) is 9.59 Å². The fourth-order valence-electron chi connectivity index (χ4n) is 3.23. The smallest absolute Gasteiger partial charge is 0.255 e. The second-order valence-electron chi connectivity index (χ2n) is 6.00. The molecule has 4 nitrogen and oxygen atoms in total. The fourth-order valence-corrected chi connectivity index (χ4v) is 3.23. The second-order valence-corrected chi connectivity index (χ2v) is 6.00. The Bertz CT molecular complexity index is 1010. The standard InChI is InChI=1S/C21H16N2O2/c1-23(13-24)18-12-10-15-8-7-14-9-11-17(20(18)19(14)15)22-21(25)16-5-3-2-4-6-16/h2-13H,1H3,(H,22,25). The van der Waals surface area contributed by atoms with Crippen LogP contribution in [-0.2, 0) is 4.79 Å². The first-order valence-electron chi connectivity index (χ1n) is 8.01. The minimum Gasteiger partial charge on any atom is -0.321 e. The number of hydrogen-bond donors (Lipinski definition) is 1. The van der Waals surface area contributed by atoms with Crippen LogP contribution in [0.2, 0.25) is 0 Å². The van der Waals surface area contributed by atoms with E-state index >= 15 is 0 Å². The third kappa shape index (κ3) is 2.48. The Balaban J connectivity index is 1.87. The first-order valence-corrected chi connectivity index (χ1v) is 8.01. The van der Waals surface area contributed by atoms with Crippen molar-refractivity contribution in [2.75, 3.05) is 17.3 Å². The topological polar surface area (TPSA) is 49.4 Å². The van der Waals surface area contributed by atoms with Crippen LogP contribution in [0.4, 0.5) is 11.4 Å². The Hall–Kier alpha value is -3.40. The van der Waals surface area contributed by atoms with Gasteiger partial charge in [-0.2, -0.15) is 0 Å². The molecule has 3 aromatic rings. The summed E-state index contributed by atoms with van der Waals surface area (Å²) >= 11 is 0. The van der Waals surface area contributed by atoms with Gasteiger partial charge in [-0.25, -0.2) is 0 Å². The highest BCUT2D eigenvalue weighted by atomic mass is 16.1. The molecule has 1 N–H and O–H groups in total. The molecule has 0 radical (unpaired) electrons. The van der Waals surface area contributed by atoms with Crippen molar-refractivity contribution in [1.82, 2.24) is 0 Å². The van der Waals surface area contributed by atoms with Gasteiger partial charge in [0.25, 0.3) is 5.91 Å². The number of amides is 2. The lowest BCUT2D eigenvalue weighted by Crippen LogP contribution is -2.16. The third-order valence-corrected chi connectivity index (χ3v) is 4.47. The SMILES string of the molecule is CN(C=O)c1ccc2c3c(ccc(NC(=O)c4ccccc4)c13)C=C2. The minimum absolute atomic E-state index is 0.174. The van der Waals surface area contributed by atoms with Crippen LogP contribution in [0.1, 0.15) is 21.5 Å². The van der Waals surface area contributed by atoms with Crippen molar-refractivity contribution < 1.29 is 9.59 Å². The molecule has 2 amide bonds. The summed E-state index contributed by atoms with van der Waals surface area (Å²) in [7, 11) is 1.71. The summed E-state index contributed by atoms with van der Waals surface area (Å²) in [5.41, 5.74) is 4.23. The molecular formula is C21H16N2O2. The van der Waals surface area contributed by atoms with Crippen molar-refractivity contribution in [2.24, 2.45) is 0 Å². The lowest BCUT2D eigenvalue weighted by molar-refractivity contribution is -0.107. The van der Waals surface area contributed by atoms with Gasteiger partial charge in [-0.05, 0) is 35.4 Å². The quantitative estimate of drug-likeness (QED) is 0.572. The van der Waals surface area contributed by atoms with E-state index in [9.17, 15) is 9.59 Å². The molecule has 0 bridgehead atoms. The zero-order chi connectivity index (χ0) is 17.4. The van der Waals surface area contributed by atoms with Gasteiger partial charge in [-0.15, -0.1) is 0 Å². The summed E-state index contributed by atoms with van der Waals surface area (Å²) in [5, 5.41) is 4.92. The van der Waals surface area contributed by atoms with Gasteiger partial charge >= 0.3 is 0 Å². The summed E-state index contributed by atoms with van der Waals surface area (Å²) in [6.45, 7) is 0. The van der Waals surface area contributed by atoms with Gasteiger partial charge in [0.1, 0.15) is 0 Å². The third-order valence-electron chi connectivity index (χ3n) is 4.47. The molecule has 0 unspecified atom stereocenters. The molecular weight excluding hydrogens is 312 g/mol. The normalized spacial score (nSPS) is 11.6. The van der Waals surface area contributed by atoms with Crippen LogP contribution >= 0.6 is 0 Å². The van der Waals surface area contributed by atoms with Gasteiger partial charge in [-0.1, -0.05) is 42.5 Å². The number of rotatable bonds is 4. The van der Waals surface area contributed by atoms with Gasteiger partial charge in [0.2, 0.25) is 6.41 Å². The molecule has 0 saturated carbocycles. The fraction of sp³-hybridized carbons (Fsp3) is 0.0476. The first kappa shape index (κ1) is 15.1. The molecule has 0 aliphatic heterocycles. The van der Waals surface area contributed by atoms with E-state index in [1.807, 2.05) is 54.6 Å².